The molecule has 0 unspecified atom stereocenters. The number of ether oxygens (including phenoxy) is 1. The molecular formula is C14H17N3O3S. The van der Waals surface area contributed by atoms with E-state index in [1.54, 1.807) is 18.2 Å². The van der Waals surface area contributed by atoms with Gasteiger partial charge in [0.05, 0.1) is 22.2 Å². The summed E-state index contributed by atoms with van der Waals surface area (Å²) in [4.78, 5) is 27.6. The third kappa shape index (κ3) is 3.99. The van der Waals surface area contributed by atoms with E-state index in [4.69, 9.17) is 10.6 Å². The Morgan fingerprint density at radius 3 is 2.71 bits per heavy atom. The molecule has 1 heterocycles. The fourth-order valence-electron chi connectivity index (χ4n) is 1.70. The van der Waals surface area contributed by atoms with E-state index in [9.17, 15) is 9.59 Å². The predicted molar refractivity (Wildman–Crippen MR) is 80.8 cm³/mol. The predicted octanol–water partition coefficient (Wildman–Crippen LogP) is 1.78. The van der Waals surface area contributed by atoms with E-state index in [-0.39, 0.29) is 18.3 Å². The lowest BCUT2D eigenvalue weighted by atomic mass is 10.1. The standard InChI is InChI=1S/C14H17N3O3S/c1-14(2,3)20-13(19)8-4-5-9-10(6-8)21-12(16-9)7-11(18)17-15/h4-6H,7,15H2,1-3H3,(H,17,18). The molecule has 0 spiro atoms. The van der Waals surface area contributed by atoms with Crippen LogP contribution in [0.2, 0.25) is 0 Å². The van der Waals surface area contributed by atoms with Crippen molar-refractivity contribution in [1.29, 1.82) is 0 Å². The van der Waals surface area contributed by atoms with Crippen molar-refractivity contribution in [2.24, 2.45) is 5.84 Å². The second kappa shape index (κ2) is 5.79. The Labute approximate surface area is 126 Å². The zero-order chi connectivity index (χ0) is 15.6. The van der Waals surface area contributed by atoms with Gasteiger partial charge in [0.15, 0.2) is 0 Å². The maximum absolute atomic E-state index is 12.0. The second-order valence-corrected chi connectivity index (χ2v) is 6.65. The Hall–Kier alpha value is -1.99. The van der Waals surface area contributed by atoms with E-state index in [0.717, 1.165) is 10.2 Å². The lowest BCUT2D eigenvalue weighted by molar-refractivity contribution is -0.120. The average Bonchev–Trinajstić information content (AvgIpc) is 2.77. The monoisotopic (exact) mass is 307 g/mol. The molecule has 21 heavy (non-hydrogen) atoms. The van der Waals surface area contributed by atoms with Crippen LogP contribution >= 0.6 is 11.3 Å². The lowest BCUT2D eigenvalue weighted by Gasteiger charge is -2.19. The molecular weight excluding hydrogens is 290 g/mol. The molecule has 2 rings (SSSR count). The number of fused-ring (bicyclic) bond motifs is 1. The van der Waals surface area contributed by atoms with Crippen LogP contribution in [0, 0.1) is 0 Å². The molecule has 0 aliphatic carbocycles. The number of nitrogens with zero attached hydrogens (tertiary/aromatic N) is 1. The van der Waals surface area contributed by atoms with Crippen LogP contribution in [0.15, 0.2) is 18.2 Å². The van der Waals surface area contributed by atoms with Crippen molar-refractivity contribution in [3.63, 3.8) is 0 Å². The molecule has 0 bridgehead atoms. The molecule has 1 aromatic carbocycles. The molecule has 0 fully saturated rings. The number of esters is 1. The summed E-state index contributed by atoms with van der Waals surface area (Å²) in [5.74, 6) is 4.37. The van der Waals surface area contributed by atoms with Gasteiger partial charge >= 0.3 is 5.97 Å². The number of thiazole rings is 1. The highest BCUT2D eigenvalue weighted by atomic mass is 32.1. The molecule has 7 heteroatoms. The Morgan fingerprint density at radius 1 is 1.38 bits per heavy atom. The summed E-state index contributed by atoms with van der Waals surface area (Å²) in [5, 5.41) is 0.647. The topological polar surface area (TPSA) is 94.3 Å². The number of carbonyl (C=O) groups is 2. The van der Waals surface area contributed by atoms with Crippen LogP contribution in [-0.2, 0) is 16.0 Å². The van der Waals surface area contributed by atoms with Gasteiger partial charge in [0.1, 0.15) is 10.6 Å². The molecule has 0 saturated heterocycles. The van der Waals surface area contributed by atoms with Gasteiger partial charge in [-0.05, 0) is 39.0 Å². The van der Waals surface area contributed by atoms with E-state index >= 15 is 0 Å². The van der Waals surface area contributed by atoms with Crippen LogP contribution in [0.3, 0.4) is 0 Å². The first-order valence-corrected chi connectivity index (χ1v) is 7.22. The number of hydrazine groups is 1. The average molecular weight is 307 g/mol. The van der Waals surface area contributed by atoms with Gasteiger partial charge in [-0.15, -0.1) is 11.3 Å². The highest BCUT2D eigenvalue weighted by molar-refractivity contribution is 7.18. The summed E-state index contributed by atoms with van der Waals surface area (Å²) >= 11 is 1.36. The van der Waals surface area contributed by atoms with Crippen LogP contribution in [0.5, 0.6) is 0 Å². The van der Waals surface area contributed by atoms with Gasteiger partial charge in [0.2, 0.25) is 5.91 Å². The smallest absolute Gasteiger partial charge is 0.338 e. The minimum absolute atomic E-state index is 0.123. The zero-order valence-corrected chi connectivity index (χ0v) is 12.9. The number of hydrogen-bond acceptors (Lipinski definition) is 6. The van der Waals surface area contributed by atoms with Crippen molar-refractivity contribution >= 4 is 33.4 Å². The quantitative estimate of drug-likeness (QED) is 0.390. The van der Waals surface area contributed by atoms with Gasteiger partial charge in [0, 0.05) is 0 Å². The van der Waals surface area contributed by atoms with Crippen LogP contribution in [0.4, 0.5) is 0 Å². The van der Waals surface area contributed by atoms with Gasteiger partial charge in [-0.1, -0.05) is 0 Å². The van der Waals surface area contributed by atoms with Gasteiger partial charge in [-0.3, -0.25) is 10.2 Å². The number of amides is 1. The Morgan fingerprint density at radius 2 is 2.10 bits per heavy atom. The van der Waals surface area contributed by atoms with Gasteiger partial charge in [-0.25, -0.2) is 15.6 Å². The highest BCUT2D eigenvalue weighted by Crippen LogP contribution is 2.24. The lowest BCUT2D eigenvalue weighted by Crippen LogP contribution is -2.31. The largest absolute Gasteiger partial charge is 0.456 e. The molecule has 0 saturated carbocycles. The third-order valence-electron chi connectivity index (χ3n) is 2.54. The Kier molecular flexibility index (Phi) is 4.24. The van der Waals surface area contributed by atoms with E-state index in [1.807, 2.05) is 20.8 Å². The zero-order valence-electron chi connectivity index (χ0n) is 12.1. The maximum Gasteiger partial charge on any atom is 0.338 e. The number of nitrogens with one attached hydrogen (secondary N) is 1. The molecule has 2 aromatic rings. The number of hydrogen-bond donors (Lipinski definition) is 2. The van der Waals surface area contributed by atoms with Crippen molar-refractivity contribution < 1.29 is 14.3 Å². The molecule has 1 amide bonds. The molecule has 0 atom stereocenters. The van der Waals surface area contributed by atoms with Crippen LogP contribution in [0.1, 0.15) is 36.1 Å². The van der Waals surface area contributed by atoms with Crippen LogP contribution < -0.4 is 11.3 Å². The van der Waals surface area contributed by atoms with Crippen molar-refractivity contribution in [2.75, 3.05) is 0 Å². The molecule has 6 nitrogen and oxygen atoms in total. The highest BCUT2D eigenvalue weighted by Gasteiger charge is 2.18. The minimum Gasteiger partial charge on any atom is -0.456 e. The fourth-order valence-corrected chi connectivity index (χ4v) is 2.71. The van der Waals surface area contributed by atoms with E-state index < -0.39 is 5.60 Å². The second-order valence-electron chi connectivity index (χ2n) is 5.54. The van der Waals surface area contributed by atoms with Crippen molar-refractivity contribution in [2.45, 2.75) is 32.8 Å². The van der Waals surface area contributed by atoms with E-state index in [0.29, 0.717) is 10.6 Å². The third-order valence-corrected chi connectivity index (χ3v) is 3.56. The summed E-state index contributed by atoms with van der Waals surface area (Å²) in [5.41, 5.74) is 2.74. The van der Waals surface area contributed by atoms with Gasteiger partial charge in [0.25, 0.3) is 0 Å². The number of benzene rings is 1. The van der Waals surface area contributed by atoms with E-state index in [1.165, 1.54) is 11.3 Å². The summed E-state index contributed by atoms with van der Waals surface area (Å²) in [7, 11) is 0. The fraction of sp³-hybridized carbons (Fsp3) is 0.357. The summed E-state index contributed by atoms with van der Waals surface area (Å²) < 4.78 is 6.16. The Balaban J connectivity index is 2.25. The summed E-state index contributed by atoms with van der Waals surface area (Å²) in [6.45, 7) is 5.46. The first kappa shape index (κ1) is 15.4. The normalized spacial score (nSPS) is 11.4. The molecule has 0 radical (unpaired) electrons. The molecule has 112 valence electrons. The van der Waals surface area contributed by atoms with Crippen molar-refractivity contribution in [3.05, 3.63) is 28.8 Å². The summed E-state index contributed by atoms with van der Waals surface area (Å²) in [6, 6.07) is 5.14. The first-order chi connectivity index (χ1) is 9.78. The van der Waals surface area contributed by atoms with Crippen molar-refractivity contribution in [1.82, 2.24) is 10.4 Å². The maximum atomic E-state index is 12.0. The van der Waals surface area contributed by atoms with Gasteiger partial charge in [-0.2, -0.15) is 0 Å². The van der Waals surface area contributed by atoms with Gasteiger partial charge < -0.3 is 4.74 Å². The first-order valence-electron chi connectivity index (χ1n) is 6.41. The number of carbonyl (C=O) groups excluding carboxylic acids is 2. The Bertz CT molecular complexity index is 688. The number of rotatable bonds is 3. The van der Waals surface area contributed by atoms with E-state index in [2.05, 4.69) is 10.4 Å². The van der Waals surface area contributed by atoms with Crippen LogP contribution in [-0.4, -0.2) is 22.5 Å². The SMILES string of the molecule is CC(C)(C)OC(=O)c1ccc2nc(CC(=O)NN)sc2c1. The molecule has 0 aliphatic heterocycles. The molecule has 0 aliphatic rings. The van der Waals surface area contributed by atoms with Crippen LogP contribution in [0.25, 0.3) is 10.2 Å². The number of aromatic nitrogens is 1. The minimum atomic E-state index is -0.538. The summed E-state index contributed by atoms with van der Waals surface area (Å²) in [6.07, 6.45) is 0.123. The molecule has 3 N–H and O–H groups in total. The van der Waals surface area contributed by atoms with Crippen molar-refractivity contribution in [3.8, 4) is 0 Å². The molecule has 1 aromatic heterocycles. The number of nitrogens with two attached hydrogens (primary N) is 1.